The molecule has 0 bridgehead atoms. The monoisotopic (exact) mass is 339 g/mol. The van der Waals surface area contributed by atoms with E-state index in [1.807, 2.05) is 36.4 Å². The summed E-state index contributed by atoms with van der Waals surface area (Å²) in [6.07, 6.45) is -0.660. The summed E-state index contributed by atoms with van der Waals surface area (Å²) >= 11 is 0. The van der Waals surface area contributed by atoms with Crippen LogP contribution in [0.1, 0.15) is 17.0 Å². The van der Waals surface area contributed by atoms with Crippen LogP contribution in [-0.4, -0.2) is 48.1 Å². The Hall–Kier alpha value is -2.86. The van der Waals surface area contributed by atoms with Gasteiger partial charge < -0.3 is 14.6 Å². The molecule has 2 aromatic carbocycles. The molecule has 0 spiro atoms. The van der Waals surface area contributed by atoms with Crippen molar-refractivity contribution in [3.05, 3.63) is 59.7 Å². The van der Waals surface area contributed by atoms with Gasteiger partial charge in [-0.1, -0.05) is 48.5 Å². The third-order valence-electron chi connectivity index (χ3n) is 4.74. The molecular formula is C19H17NO5. The number of rotatable bonds is 3. The van der Waals surface area contributed by atoms with E-state index in [-0.39, 0.29) is 25.9 Å². The number of fused-ring (bicyclic) bond motifs is 3. The van der Waals surface area contributed by atoms with E-state index in [0.29, 0.717) is 0 Å². The van der Waals surface area contributed by atoms with E-state index in [9.17, 15) is 9.59 Å². The van der Waals surface area contributed by atoms with E-state index >= 15 is 0 Å². The Bertz CT molecular complexity index is 789. The maximum Gasteiger partial charge on any atom is 0.412 e. The average molecular weight is 339 g/mol. The van der Waals surface area contributed by atoms with Gasteiger partial charge in [0.15, 0.2) is 6.04 Å². The SMILES string of the molecule is O=C(O)[C@@H]1COCN1C(=O)OCC1c2ccccc2-c2ccccc21. The number of benzene rings is 2. The highest BCUT2D eigenvalue weighted by Crippen LogP contribution is 2.44. The van der Waals surface area contributed by atoms with Crippen LogP contribution in [0.25, 0.3) is 11.1 Å². The van der Waals surface area contributed by atoms with Gasteiger partial charge in [0.2, 0.25) is 0 Å². The fourth-order valence-corrected chi connectivity index (χ4v) is 3.50. The Morgan fingerprint density at radius 2 is 1.68 bits per heavy atom. The molecule has 128 valence electrons. The third kappa shape index (κ3) is 2.64. The number of carbonyl (C=O) groups excluding carboxylic acids is 1. The predicted octanol–water partition coefficient (Wildman–Crippen LogP) is 2.68. The quantitative estimate of drug-likeness (QED) is 0.930. The molecule has 0 unspecified atom stereocenters. The molecule has 1 heterocycles. The molecule has 2 aromatic rings. The molecule has 0 radical (unpaired) electrons. The lowest BCUT2D eigenvalue weighted by atomic mass is 9.98. The molecule has 0 aromatic heterocycles. The van der Waals surface area contributed by atoms with Crippen molar-refractivity contribution in [1.82, 2.24) is 4.90 Å². The summed E-state index contributed by atoms with van der Waals surface area (Å²) in [5.74, 6) is -1.14. The minimum Gasteiger partial charge on any atom is -0.480 e. The molecule has 1 atom stereocenters. The second-order valence-electron chi connectivity index (χ2n) is 6.13. The van der Waals surface area contributed by atoms with Crippen LogP contribution in [0.5, 0.6) is 0 Å². The van der Waals surface area contributed by atoms with E-state index in [2.05, 4.69) is 12.1 Å². The Morgan fingerprint density at radius 1 is 1.08 bits per heavy atom. The summed E-state index contributed by atoms with van der Waals surface area (Å²) < 4.78 is 10.5. The number of carboxylic acid groups (broad SMARTS) is 1. The topological polar surface area (TPSA) is 76.1 Å². The summed E-state index contributed by atoms with van der Waals surface area (Å²) in [6.45, 7) is 0.0862. The lowest BCUT2D eigenvalue weighted by Gasteiger charge is -2.21. The number of nitrogens with zero attached hydrogens (tertiary/aromatic N) is 1. The van der Waals surface area contributed by atoms with Gasteiger partial charge in [0.05, 0.1) is 6.61 Å². The molecule has 1 N–H and O–H groups in total. The van der Waals surface area contributed by atoms with Crippen molar-refractivity contribution in [1.29, 1.82) is 0 Å². The van der Waals surface area contributed by atoms with Gasteiger partial charge >= 0.3 is 12.1 Å². The predicted molar refractivity (Wildman–Crippen MR) is 89.2 cm³/mol. The van der Waals surface area contributed by atoms with Gasteiger partial charge in [-0.3, -0.25) is 4.90 Å². The standard InChI is InChI=1S/C19H17NO5/c21-18(22)17-10-24-11-20(17)19(23)25-9-16-14-7-3-1-5-12(14)13-6-2-4-8-15(13)16/h1-8,16-17H,9-11H2,(H,21,22)/t17-/m0/s1. The Balaban J connectivity index is 1.53. The summed E-state index contributed by atoms with van der Waals surface area (Å²) in [5, 5.41) is 9.14. The molecule has 6 heteroatoms. The Morgan fingerprint density at radius 3 is 2.28 bits per heavy atom. The van der Waals surface area contributed by atoms with Crippen molar-refractivity contribution in [3.63, 3.8) is 0 Å². The lowest BCUT2D eigenvalue weighted by molar-refractivity contribution is -0.141. The van der Waals surface area contributed by atoms with Crippen molar-refractivity contribution >= 4 is 12.1 Å². The highest BCUT2D eigenvalue weighted by atomic mass is 16.6. The number of carbonyl (C=O) groups is 2. The number of amides is 1. The van der Waals surface area contributed by atoms with Crippen LogP contribution in [0, 0.1) is 0 Å². The highest BCUT2D eigenvalue weighted by Gasteiger charge is 2.37. The van der Waals surface area contributed by atoms with Gasteiger partial charge in [0.1, 0.15) is 13.3 Å². The molecule has 1 fully saturated rings. The van der Waals surface area contributed by atoms with Crippen molar-refractivity contribution in [2.24, 2.45) is 0 Å². The molecule has 2 aliphatic rings. The van der Waals surface area contributed by atoms with Crippen molar-refractivity contribution in [3.8, 4) is 11.1 Å². The van der Waals surface area contributed by atoms with E-state index in [1.165, 1.54) is 0 Å². The number of aliphatic carboxylic acids is 1. The smallest absolute Gasteiger partial charge is 0.412 e. The van der Waals surface area contributed by atoms with E-state index in [0.717, 1.165) is 27.2 Å². The molecule has 25 heavy (non-hydrogen) atoms. The molecular weight excluding hydrogens is 322 g/mol. The number of hydrogen-bond acceptors (Lipinski definition) is 4. The van der Waals surface area contributed by atoms with Gasteiger partial charge in [0, 0.05) is 5.92 Å². The van der Waals surface area contributed by atoms with E-state index in [4.69, 9.17) is 14.6 Å². The fourth-order valence-electron chi connectivity index (χ4n) is 3.50. The van der Waals surface area contributed by atoms with Crippen LogP contribution >= 0.6 is 0 Å². The average Bonchev–Trinajstić information content (AvgIpc) is 3.23. The van der Waals surface area contributed by atoms with Gasteiger partial charge in [-0.05, 0) is 22.3 Å². The molecule has 4 rings (SSSR count). The third-order valence-corrected chi connectivity index (χ3v) is 4.74. The Labute approximate surface area is 144 Å². The first-order chi connectivity index (χ1) is 12.2. The fraction of sp³-hybridized carbons (Fsp3) is 0.263. The zero-order valence-electron chi connectivity index (χ0n) is 13.4. The zero-order valence-corrected chi connectivity index (χ0v) is 13.4. The first-order valence-corrected chi connectivity index (χ1v) is 8.09. The second kappa shape index (κ2) is 6.22. The van der Waals surface area contributed by atoms with Crippen LogP contribution in [0.4, 0.5) is 4.79 Å². The normalized spacial score (nSPS) is 18.7. The van der Waals surface area contributed by atoms with Gasteiger partial charge in [-0.15, -0.1) is 0 Å². The minimum absolute atomic E-state index is 0.0144. The minimum atomic E-state index is -1.09. The van der Waals surface area contributed by atoms with Crippen molar-refractivity contribution < 1.29 is 24.2 Å². The van der Waals surface area contributed by atoms with Gasteiger partial charge in [0.25, 0.3) is 0 Å². The highest BCUT2D eigenvalue weighted by molar-refractivity contribution is 5.81. The van der Waals surface area contributed by atoms with Gasteiger partial charge in [-0.25, -0.2) is 9.59 Å². The van der Waals surface area contributed by atoms with Crippen LogP contribution in [0.2, 0.25) is 0 Å². The van der Waals surface area contributed by atoms with Crippen LogP contribution in [-0.2, 0) is 14.3 Å². The van der Waals surface area contributed by atoms with Crippen LogP contribution in [0.3, 0.4) is 0 Å². The molecule has 0 saturated carbocycles. The molecule has 1 amide bonds. The molecule has 6 nitrogen and oxygen atoms in total. The maximum atomic E-state index is 12.3. The van der Waals surface area contributed by atoms with E-state index < -0.39 is 18.1 Å². The largest absolute Gasteiger partial charge is 0.480 e. The van der Waals surface area contributed by atoms with Crippen molar-refractivity contribution in [2.45, 2.75) is 12.0 Å². The summed E-state index contributed by atoms with van der Waals surface area (Å²) in [7, 11) is 0. The van der Waals surface area contributed by atoms with Crippen LogP contribution in [0.15, 0.2) is 48.5 Å². The summed E-state index contributed by atoms with van der Waals surface area (Å²) in [4.78, 5) is 24.6. The Kier molecular flexibility index (Phi) is 3.89. The molecule has 1 saturated heterocycles. The summed E-state index contributed by atoms with van der Waals surface area (Å²) in [5.41, 5.74) is 4.52. The van der Waals surface area contributed by atoms with Crippen LogP contribution < -0.4 is 0 Å². The second-order valence-corrected chi connectivity index (χ2v) is 6.13. The van der Waals surface area contributed by atoms with E-state index in [1.54, 1.807) is 0 Å². The first kappa shape index (κ1) is 15.7. The van der Waals surface area contributed by atoms with Crippen molar-refractivity contribution in [2.75, 3.05) is 19.9 Å². The maximum absolute atomic E-state index is 12.3. The number of ether oxygens (including phenoxy) is 2. The number of hydrogen-bond donors (Lipinski definition) is 1. The first-order valence-electron chi connectivity index (χ1n) is 8.09. The molecule has 1 aliphatic heterocycles. The van der Waals surface area contributed by atoms with Gasteiger partial charge in [-0.2, -0.15) is 0 Å². The molecule has 1 aliphatic carbocycles. The number of carboxylic acids is 1. The lowest BCUT2D eigenvalue weighted by Crippen LogP contribution is -2.42. The summed E-state index contributed by atoms with van der Waals surface area (Å²) in [6, 6.07) is 15.1. The zero-order chi connectivity index (χ0) is 17.4.